The fraction of sp³-hybridized carbons (Fsp3) is 0.833. The lowest BCUT2D eigenvalue weighted by Crippen LogP contribution is -2.18. The number of carbonyl (C=O) groups excluding carboxylic acids is 2. The van der Waals surface area contributed by atoms with Crippen LogP contribution >= 0.6 is 0 Å². The third-order valence-corrected chi connectivity index (χ3v) is 2.93. The summed E-state index contributed by atoms with van der Waals surface area (Å²) in [7, 11) is 0. The molecule has 0 heterocycles. The van der Waals surface area contributed by atoms with Crippen molar-refractivity contribution in [2.45, 2.75) is 51.9 Å². The third kappa shape index (κ3) is 4.96. The van der Waals surface area contributed by atoms with E-state index in [2.05, 4.69) is 0 Å². The van der Waals surface area contributed by atoms with Gasteiger partial charge in [-0.1, -0.05) is 6.42 Å². The third-order valence-electron chi connectivity index (χ3n) is 2.93. The van der Waals surface area contributed by atoms with Crippen LogP contribution in [0.1, 0.15) is 51.9 Å². The molecule has 0 spiro atoms. The molecule has 0 amide bonds. The molecule has 0 radical (unpaired) electrons. The molecule has 0 aromatic rings. The number of ketones is 1. The van der Waals surface area contributed by atoms with Crippen LogP contribution in [0.4, 0.5) is 0 Å². The molecule has 1 aliphatic carbocycles. The van der Waals surface area contributed by atoms with E-state index in [1.54, 1.807) is 0 Å². The number of hydrogen-bond donors (Lipinski definition) is 0. The Morgan fingerprint density at radius 1 is 1.40 bits per heavy atom. The van der Waals surface area contributed by atoms with E-state index >= 15 is 0 Å². The highest BCUT2D eigenvalue weighted by molar-refractivity contribution is 5.81. The Morgan fingerprint density at radius 2 is 2.20 bits per heavy atom. The standard InChI is InChI=1S/C12H20O3/c1-10(13)15-9-5-4-7-11-6-2-3-8-12(11)14/h11H,2-9H2,1H3. The number of unbranched alkanes of at least 4 members (excludes halogenated alkanes) is 1. The van der Waals surface area contributed by atoms with Gasteiger partial charge in [0.1, 0.15) is 5.78 Å². The predicted molar refractivity (Wildman–Crippen MR) is 57.4 cm³/mol. The molecular formula is C12H20O3. The monoisotopic (exact) mass is 212 g/mol. The Bertz CT molecular complexity index is 223. The smallest absolute Gasteiger partial charge is 0.302 e. The second-order valence-electron chi connectivity index (χ2n) is 4.24. The van der Waals surface area contributed by atoms with Gasteiger partial charge in [0, 0.05) is 19.3 Å². The zero-order chi connectivity index (χ0) is 11.1. The van der Waals surface area contributed by atoms with E-state index in [0.717, 1.165) is 38.5 Å². The molecule has 15 heavy (non-hydrogen) atoms. The molecule has 0 aliphatic heterocycles. The van der Waals surface area contributed by atoms with Crippen molar-refractivity contribution in [2.75, 3.05) is 6.61 Å². The largest absolute Gasteiger partial charge is 0.466 e. The molecule has 86 valence electrons. The molecule has 0 N–H and O–H groups in total. The van der Waals surface area contributed by atoms with E-state index in [-0.39, 0.29) is 11.9 Å². The van der Waals surface area contributed by atoms with Crippen molar-refractivity contribution in [3.8, 4) is 0 Å². The minimum Gasteiger partial charge on any atom is -0.466 e. The number of rotatable bonds is 5. The minimum absolute atomic E-state index is 0.219. The van der Waals surface area contributed by atoms with Crippen molar-refractivity contribution < 1.29 is 14.3 Å². The molecule has 1 fully saturated rings. The molecule has 3 heteroatoms. The summed E-state index contributed by atoms with van der Waals surface area (Å²) in [6.45, 7) is 1.92. The van der Waals surface area contributed by atoms with Crippen LogP contribution in [0.2, 0.25) is 0 Å². The average molecular weight is 212 g/mol. The molecule has 0 aromatic heterocycles. The molecule has 1 saturated carbocycles. The molecule has 1 rings (SSSR count). The quantitative estimate of drug-likeness (QED) is 0.519. The van der Waals surface area contributed by atoms with Crippen molar-refractivity contribution in [3.05, 3.63) is 0 Å². The van der Waals surface area contributed by atoms with Gasteiger partial charge in [-0.05, 0) is 32.1 Å². The van der Waals surface area contributed by atoms with Crippen LogP contribution in [0.15, 0.2) is 0 Å². The molecule has 3 nitrogen and oxygen atoms in total. The number of Topliss-reactive ketones (excluding diaryl/α,β-unsaturated/α-hetero) is 1. The van der Waals surface area contributed by atoms with Crippen LogP contribution in [0.25, 0.3) is 0 Å². The van der Waals surface area contributed by atoms with E-state index in [9.17, 15) is 9.59 Å². The van der Waals surface area contributed by atoms with Gasteiger partial charge in [-0.3, -0.25) is 9.59 Å². The first-order valence-electron chi connectivity index (χ1n) is 5.86. The molecular weight excluding hydrogens is 192 g/mol. The van der Waals surface area contributed by atoms with E-state index < -0.39 is 0 Å². The maximum absolute atomic E-state index is 11.5. The predicted octanol–water partition coefficient (Wildman–Crippen LogP) is 2.48. The lowest BCUT2D eigenvalue weighted by atomic mass is 9.85. The van der Waals surface area contributed by atoms with Gasteiger partial charge < -0.3 is 4.74 Å². The van der Waals surface area contributed by atoms with Crippen molar-refractivity contribution >= 4 is 11.8 Å². The SMILES string of the molecule is CC(=O)OCCCCC1CCCCC1=O. The summed E-state index contributed by atoms with van der Waals surface area (Å²) in [5.41, 5.74) is 0. The van der Waals surface area contributed by atoms with Crippen LogP contribution in [-0.2, 0) is 14.3 Å². The highest BCUT2D eigenvalue weighted by atomic mass is 16.5. The van der Waals surface area contributed by atoms with Crippen LogP contribution in [0, 0.1) is 5.92 Å². The van der Waals surface area contributed by atoms with E-state index in [1.165, 1.54) is 13.3 Å². The average Bonchev–Trinajstić information content (AvgIpc) is 2.20. The normalized spacial score (nSPS) is 21.4. The summed E-state index contributed by atoms with van der Waals surface area (Å²) in [6, 6.07) is 0. The summed E-state index contributed by atoms with van der Waals surface area (Å²) < 4.78 is 4.83. The highest BCUT2D eigenvalue weighted by Crippen LogP contribution is 2.24. The highest BCUT2D eigenvalue weighted by Gasteiger charge is 2.21. The van der Waals surface area contributed by atoms with Crippen molar-refractivity contribution in [1.82, 2.24) is 0 Å². The Kier molecular flexibility index (Phi) is 5.37. The fourth-order valence-electron chi connectivity index (χ4n) is 2.07. The molecule has 0 bridgehead atoms. The van der Waals surface area contributed by atoms with Crippen LogP contribution in [0.5, 0.6) is 0 Å². The molecule has 0 aromatic carbocycles. The second-order valence-corrected chi connectivity index (χ2v) is 4.24. The Morgan fingerprint density at radius 3 is 2.87 bits per heavy atom. The zero-order valence-corrected chi connectivity index (χ0v) is 9.46. The summed E-state index contributed by atoms with van der Waals surface area (Å²) in [5, 5.41) is 0. The Hall–Kier alpha value is -0.860. The Balaban J connectivity index is 2.03. The Labute approximate surface area is 91.2 Å². The van der Waals surface area contributed by atoms with Gasteiger partial charge in [-0.15, -0.1) is 0 Å². The molecule has 1 unspecified atom stereocenters. The molecule has 0 saturated heterocycles. The van der Waals surface area contributed by atoms with Gasteiger partial charge in [0.2, 0.25) is 0 Å². The zero-order valence-electron chi connectivity index (χ0n) is 9.46. The first-order chi connectivity index (χ1) is 7.20. The number of ether oxygens (including phenoxy) is 1. The number of hydrogen-bond acceptors (Lipinski definition) is 3. The van der Waals surface area contributed by atoms with Gasteiger partial charge in [0.05, 0.1) is 6.61 Å². The summed E-state index contributed by atoms with van der Waals surface area (Å²) >= 11 is 0. The van der Waals surface area contributed by atoms with E-state index in [4.69, 9.17) is 4.74 Å². The summed E-state index contributed by atoms with van der Waals surface area (Å²) in [6.07, 6.45) is 6.94. The van der Waals surface area contributed by atoms with Gasteiger partial charge >= 0.3 is 5.97 Å². The second kappa shape index (κ2) is 6.59. The van der Waals surface area contributed by atoms with Crippen LogP contribution in [0.3, 0.4) is 0 Å². The summed E-state index contributed by atoms with van der Waals surface area (Å²) in [4.78, 5) is 22.0. The van der Waals surface area contributed by atoms with Crippen LogP contribution < -0.4 is 0 Å². The first kappa shape index (κ1) is 12.2. The van der Waals surface area contributed by atoms with Gasteiger partial charge in [0.15, 0.2) is 0 Å². The maximum atomic E-state index is 11.5. The lowest BCUT2D eigenvalue weighted by Gasteiger charge is -2.19. The number of esters is 1. The number of carbonyl (C=O) groups is 2. The van der Waals surface area contributed by atoms with Gasteiger partial charge in [0.25, 0.3) is 0 Å². The lowest BCUT2D eigenvalue weighted by molar-refractivity contribution is -0.141. The van der Waals surface area contributed by atoms with E-state index in [1.807, 2.05) is 0 Å². The minimum atomic E-state index is -0.219. The topological polar surface area (TPSA) is 43.4 Å². The van der Waals surface area contributed by atoms with E-state index in [0.29, 0.717) is 12.4 Å². The van der Waals surface area contributed by atoms with Crippen molar-refractivity contribution in [2.24, 2.45) is 5.92 Å². The van der Waals surface area contributed by atoms with Crippen molar-refractivity contribution in [1.29, 1.82) is 0 Å². The molecule has 1 aliphatic rings. The fourth-order valence-corrected chi connectivity index (χ4v) is 2.07. The van der Waals surface area contributed by atoms with Gasteiger partial charge in [-0.2, -0.15) is 0 Å². The summed E-state index contributed by atoms with van der Waals surface area (Å²) in [5.74, 6) is 0.508. The first-order valence-corrected chi connectivity index (χ1v) is 5.86. The van der Waals surface area contributed by atoms with Crippen molar-refractivity contribution in [3.63, 3.8) is 0 Å². The van der Waals surface area contributed by atoms with Crippen LogP contribution in [-0.4, -0.2) is 18.4 Å². The maximum Gasteiger partial charge on any atom is 0.302 e. The molecule has 1 atom stereocenters. The van der Waals surface area contributed by atoms with Gasteiger partial charge in [-0.25, -0.2) is 0 Å².